The lowest BCUT2D eigenvalue weighted by atomic mass is 9.98. The van der Waals surface area contributed by atoms with Crippen LogP contribution in [-0.2, 0) is 5.41 Å². The summed E-state index contributed by atoms with van der Waals surface area (Å²) in [5.74, 6) is 1.62. The fraction of sp³-hybridized carbons (Fsp3) is 0.375. The van der Waals surface area contributed by atoms with Crippen molar-refractivity contribution in [1.29, 1.82) is 0 Å². The van der Waals surface area contributed by atoms with Crippen LogP contribution in [0.3, 0.4) is 0 Å². The second-order valence-electron chi connectivity index (χ2n) is 6.00. The van der Waals surface area contributed by atoms with Crippen molar-refractivity contribution in [1.82, 2.24) is 9.78 Å². The quantitative estimate of drug-likeness (QED) is 0.788. The highest BCUT2D eigenvalue weighted by Gasteiger charge is 2.22. The number of benzene rings is 1. The van der Waals surface area contributed by atoms with E-state index in [1.807, 2.05) is 20.8 Å². The molecule has 2 aromatic rings. The lowest BCUT2D eigenvalue weighted by Gasteiger charge is -2.14. The highest BCUT2D eigenvalue weighted by Crippen LogP contribution is 2.30. The zero-order valence-corrected chi connectivity index (χ0v) is 14.8. The van der Waals surface area contributed by atoms with E-state index in [0.29, 0.717) is 5.01 Å². The van der Waals surface area contributed by atoms with Crippen LogP contribution in [0.5, 0.6) is 5.75 Å². The molecule has 0 radical (unpaired) electrons. The average Bonchev–Trinajstić information content (AvgIpc) is 2.83. The Hall–Kier alpha value is -1.84. The number of hydrogen-bond acceptors (Lipinski definition) is 4. The molecule has 1 aromatic heterocycles. The summed E-state index contributed by atoms with van der Waals surface area (Å²) >= 11 is 7.10. The van der Waals surface area contributed by atoms with Crippen molar-refractivity contribution in [3.63, 3.8) is 0 Å². The van der Waals surface area contributed by atoms with Crippen LogP contribution in [0.4, 0.5) is 4.39 Å². The molecule has 0 amide bonds. The molecule has 0 aliphatic carbocycles. The molecule has 1 heterocycles. The Bertz CT molecular complexity index is 830. The van der Waals surface area contributed by atoms with Gasteiger partial charge in [0.05, 0.1) is 10.7 Å². The standard InChI is InChI=1S/C16H16ClFN2O2S/c1-6-9(2)22-13-8-12(10(17)7-11(13)18)20-15(21)23-14(19-20)16(3,4)5/h1,7-9H,2-5H3. The molecule has 0 aliphatic rings. The Morgan fingerprint density at radius 3 is 2.65 bits per heavy atom. The topological polar surface area (TPSA) is 44.1 Å². The van der Waals surface area contributed by atoms with Crippen molar-refractivity contribution in [2.24, 2.45) is 0 Å². The Morgan fingerprint density at radius 2 is 2.13 bits per heavy atom. The monoisotopic (exact) mass is 354 g/mol. The van der Waals surface area contributed by atoms with Gasteiger partial charge in [0.2, 0.25) is 0 Å². The summed E-state index contributed by atoms with van der Waals surface area (Å²) in [5, 5.41) is 5.02. The lowest BCUT2D eigenvalue weighted by Crippen LogP contribution is -2.16. The van der Waals surface area contributed by atoms with Gasteiger partial charge in [0.25, 0.3) is 0 Å². The fourth-order valence-corrected chi connectivity index (χ4v) is 2.78. The summed E-state index contributed by atoms with van der Waals surface area (Å²) < 4.78 is 20.4. The molecule has 2 rings (SSSR count). The van der Waals surface area contributed by atoms with Gasteiger partial charge in [-0.1, -0.05) is 49.6 Å². The highest BCUT2D eigenvalue weighted by molar-refractivity contribution is 7.09. The van der Waals surface area contributed by atoms with Gasteiger partial charge in [-0.05, 0) is 13.0 Å². The van der Waals surface area contributed by atoms with Gasteiger partial charge in [-0.25, -0.2) is 4.39 Å². The second kappa shape index (κ2) is 6.34. The van der Waals surface area contributed by atoms with Gasteiger partial charge >= 0.3 is 4.87 Å². The first kappa shape index (κ1) is 17.5. The molecule has 0 aliphatic heterocycles. The zero-order chi connectivity index (χ0) is 17.4. The molecule has 0 spiro atoms. The Kier molecular flexibility index (Phi) is 4.83. The van der Waals surface area contributed by atoms with Gasteiger partial charge < -0.3 is 4.74 Å². The molecule has 0 saturated carbocycles. The third-order valence-electron chi connectivity index (χ3n) is 2.96. The third-order valence-corrected chi connectivity index (χ3v) is 4.49. The van der Waals surface area contributed by atoms with Crippen LogP contribution in [0.2, 0.25) is 5.02 Å². The molecule has 1 unspecified atom stereocenters. The third kappa shape index (κ3) is 3.74. The Balaban J connectivity index is 2.56. The average molecular weight is 355 g/mol. The van der Waals surface area contributed by atoms with Crippen LogP contribution < -0.4 is 9.61 Å². The van der Waals surface area contributed by atoms with Crippen molar-refractivity contribution in [2.45, 2.75) is 39.2 Å². The summed E-state index contributed by atoms with van der Waals surface area (Å²) in [6, 6.07) is 2.41. The molecule has 0 bridgehead atoms. The molecule has 0 saturated heterocycles. The molecule has 4 nitrogen and oxygen atoms in total. The van der Waals surface area contributed by atoms with Gasteiger partial charge in [-0.15, -0.1) is 6.42 Å². The van der Waals surface area contributed by atoms with Gasteiger partial charge in [-0.3, -0.25) is 4.79 Å². The summed E-state index contributed by atoms with van der Waals surface area (Å²) in [6.45, 7) is 7.46. The number of halogens is 2. The predicted octanol–water partition coefficient (Wildman–Crippen LogP) is 3.78. The van der Waals surface area contributed by atoms with E-state index in [2.05, 4.69) is 11.0 Å². The summed E-state index contributed by atoms with van der Waals surface area (Å²) in [7, 11) is 0. The van der Waals surface area contributed by atoms with Crippen LogP contribution in [0.15, 0.2) is 16.9 Å². The number of nitrogens with zero attached hydrogens (tertiary/aromatic N) is 2. The summed E-state index contributed by atoms with van der Waals surface area (Å²) in [5.41, 5.74) is -0.0251. The minimum absolute atomic E-state index is 0.0658. The van der Waals surface area contributed by atoms with E-state index in [4.69, 9.17) is 22.8 Å². The minimum atomic E-state index is -0.653. The fourth-order valence-electron chi connectivity index (χ4n) is 1.73. The van der Waals surface area contributed by atoms with Gasteiger partial charge in [-0.2, -0.15) is 9.78 Å². The maximum absolute atomic E-state index is 14.0. The van der Waals surface area contributed by atoms with Crippen molar-refractivity contribution >= 4 is 22.9 Å². The van der Waals surface area contributed by atoms with E-state index in [1.165, 1.54) is 6.07 Å². The first-order valence-electron chi connectivity index (χ1n) is 6.86. The highest BCUT2D eigenvalue weighted by atomic mass is 35.5. The number of aromatic nitrogens is 2. The predicted molar refractivity (Wildman–Crippen MR) is 90.3 cm³/mol. The van der Waals surface area contributed by atoms with Crippen molar-refractivity contribution in [3.05, 3.63) is 37.6 Å². The van der Waals surface area contributed by atoms with Crippen LogP contribution in [0, 0.1) is 18.2 Å². The molecular weight excluding hydrogens is 339 g/mol. The maximum atomic E-state index is 14.0. The number of ether oxygens (including phenoxy) is 1. The molecule has 122 valence electrons. The molecule has 23 heavy (non-hydrogen) atoms. The second-order valence-corrected chi connectivity index (χ2v) is 7.34. The van der Waals surface area contributed by atoms with Gasteiger partial charge in [0, 0.05) is 11.5 Å². The van der Waals surface area contributed by atoms with Crippen molar-refractivity contribution in [2.75, 3.05) is 0 Å². The van der Waals surface area contributed by atoms with E-state index in [1.54, 1.807) is 6.92 Å². The summed E-state index contributed by atoms with van der Waals surface area (Å²) in [4.78, 5) is 11.9. The molecule has 1 atom stereocenters. The van der Waals surface area contributed by atoms with Crippen LogP contribution >= 0.6 is 22.9 Å². The number of hydrogen-bond donors (Lipinski definition) is 0. The molecular formula is C16H16ClFN2O2S. The Morgan fingerprint density at radius 1 is 1.48 bits per heavy atom. The maximum Gasteiger partial charge on any atom is 0.329 e. The molecule has 0 N–H and O–H groups in total. The number of rotatable bonds is 3. The SMILES string of the molecule is C#CC(C)Oc1cc(-n2nc(C(C)(C)C)sc2=O)c(Cl)cc1F. The number of terminal acetylenes is 1. The van der Waals surface area contributed by atoms with Crippen LogP contribution in [-0.4, -0.2) is 15.9 Å². The van der Waals surface area contributed by atoms with Crippen molar-refractivity contribution in [3.8, 4) is 23.8 Å². The first-order valence-corrected chi connectivity index (χ1v) is 8.05. The van der Waals surface area contributed by atoms with E-state index >= 15 is 0 Å². The van der Waals surface area contributed by atoms with E-state index < -0.39 is 11.9 Å². The Labute approximate surface area is 142 Å². The van der Waals surface area contributed by atoms with E-state index in [0.717, 1.165) is 22.1 Å². The molecule has 7 heteroatoms. The normalized spacial score (nSPS) is 12.7. The first-order chi connectivity index (χ1) is 10.6. The molecule has 0 fully saturated rings. The van der Waals surface area contributed by atoms with Gasteiger partial charge in [0.1, 0.15) is 5.01 Å². The van der Waals surface area contributed by atoms with Crippen molar-refractivity contribution < 1.29 is 9.13 Å². The summed E-state index contributed by atoms with van der Waals surface area (Å²) in [6.07, 6.45) is 4.62. The lowest BCUT2D eigenvalue weighted by molar-refractivity contribution is 0.265. The zero-order valence-electron chi connectivity index (χ0n) is 13.2. The largest absolute Gasteiger partial charge is 0.475 e. The van der Waals surface area contributed by atoms with E-state index in [9.17, 15) is 9.18 Å². The minimum Gasteiger partial charge on any atom is -0.475 e. The van der Waals surface area contributed by atoms with Crippen LogP contribution in [0.25, 0.3) is 5.69 Å². The van der Waals surface area contributed by atoms with Crippen LogP contribution in [0.1, 0.15) is 32.7 Å². The van der Waals surface area contributed by atoms with Gasteiger partial charge in [0.15, 0.2) is 17.7 Å². The molecule has 1 aromatic carbocycles. The smallest absolute Gasteiger partial charge is 0.329 e. The van der Waals surface area contributed by atoms with E-state index in [-0.39, 0.29) is 26.7 Å².